The van der Waals surface area contributed by atoms with E-state index in [0.29, 0.717) is 17.5 Å². The van der Waals surface area contributed by atoms with Crippen LogP contribution >= 0.6 is 11.6 Å². The predicted octanol–water partition coefficient (Wildman–Crippen LogP) is 2.64. The summed E-state index contributed by atoms with van der Waals surface area (Å²) in [6.45, 7) is 1.88. The van der Waals surface area contributed by atoms with E-state index in [9.17, 15) is 20.2 Å². The van der Waals surface area contributed by atoms with Gasteiger partial charge in [-0.25, -0.2) is 0 Å². The Balaban J connectivity index is 2.43. The van der Waals surface area contributed by atoms with Crippen LogP contribution < -0.4 is 10.6 Å². The summed E-state index contributed by atoms with van der Waals surface area (Å²) in [5, 5.41) is 26.2. The molecule has 8 nitrogen and oxygen atoms in total. The first-order valence-corrected chi connectivity index (χ1v) is 5.81. The minimum absolute atomic E-state index is 0.0376. The van der Waals surface area contributed by atoms with Gasteiger partial charge in [0.15, 0.2) is 5.82 Å². The summed E-state index contributed by atoms with van der Waals surface area (Å²) in [4.78, 5) is 19.8. The second-order valence-corrected chi connectivity index (χ2v) is 4.43. The summed E-state index contributed by atoms with van der Waals surface area (Å²) in [6, 6.07) is 5.38. The molecule has 1 aliphatic heterocycles. The lowest BCUT2D eigenvalue weighted by atomic mass is 10.2. The quantitative estimate of drug-likeness (QED) is 0.504. The molecular weight excluding hydrogens is 288 g/mol. The van der Waals surface area contributed by atoms with Crippen LogP contribution in [0.15, 0.2) is 40.9 Å². The highest BCUT2D eigenvalue weighted by atomic mass is 35.5. The zero-order valence-electron chi connectivity index (χ0n) is 10.2. The van der Waals surface area contributed by atoms with Crippen molar-refractivity contribution in [1.29, 1.82) is 0 Å². The van der Waals surface area contributed by atoms with Gasteiger partial charge in [0, 0.05) is 0 Å². The van der Waals surface area contributed by atoms with Gasteiger partial charge in [-0.05, 0) is 36.2 Å². The molecule has 0 saturated heterocycles. The topological polar surface area (TPSA) is 110 Å². The van der Waals surface area contributed by atoms with Crippen molar-refractivity contribution in [2.45, 2.75) is 6.92 Å². The third kappa shape index (κ3) is 2.69. The van der Waals surface area contributed by atoms with Crippen LogP contribution in [0.25, 0.3) is 0 Å². The molecule has 0 amide bonds. The van der Waals surface area contributed by atoms with Gasteiger partial charge >= 0.3 is 10.9 Å². The van der Waals surface area contributed by atoms with Crippen LogP contribution in [0.4, 0.5) is 11.4 Å². The van der Waals surface area contributed by atoms with E-state index in [4.69, 9.17) is 11.6 Å². The van der Waals surface area contributed by atoms with Crippen molar-refractivity contribution in [1.82, 2.24) is 0 Å². The molecule has 20 heavy (non-hydrogen) atoms. The van der Waals surface area contributed by atoms with Gasteiger partial charge in [-0.2, -0.15) is 0 Å². The summed E-state index contributed by atoms with van der Waals surface area (Å²) in [6.07, 6.45) is 0.690. The zero-order valence-corrected chi connectivity index (χ0v) is 11.0. The molecule has 1 aromatic carbocycles. The van der Waals surface area contributed by atoms with Crippen molar-refractivity contribution < 1.29 is 9.85 Å². The minimum atomic E-state index is -0.905. The molecule has 0 radical (unpaired) electrons. The maximum atomic E-state index is 11.0. The first kappa shape index (κ1) is 13.8. The van der Waals surface area contributed by atoms with Gasteiger partial charge in [-0.15, -0.1) is 0 Å². The Hall–Kier alpha value is -2.61. The number of fused-ring (bicyclic) bond motifs is 1. The lowest BCUT2D eigenvalue weighted by molar-refractivity contribution is -0.428. The lowest BCUT2D eigenvalue weighted by Gasteiger charge is -1.99. The molecule has 0 saturated carbocycles. The Morgan fingerprint density at radius 3 is 2.45 bits per heavy atom. The minimum Gasteiger partial charge on any atom is -0.334 e. The van der Waals surface area contributed by atoms with Gasteiger partial charge in [0.1, 0.15) is 6.08 Å². The van der Waals surface area contributed by atoms with Gasteiger partial charge in [0.05, 0.1) is 21.2 Å². The smallest absolute Gasteiger partial charge is 0.334 e. The first-order chi connectivity index (χ1) is 9.38. The number of hydrogen-bond acceptors (Lipinski definition) is 6. The maximum Gasteiger partial charge on any atom is 0.344 e. The molecule has 0 unspecified atom stereocenters. The number of anilines is 2. The monoisotopic (exact) mass is 296 g/mol. The Morgan fingerprint density at radius 1 is 1.20 bits per heavy atom. The van der Waals surface area contributed by atoms with Gasteiger partial charge in [-0.1, -0.05) is 6.07 Å². The lowest BCUT2D eigenvalue weighted by Crippen LogP contribution is -2.10. The van der Waals surface area contributed by atoms with Crippen LogP contribution in [-0.4, -0.2) is 9.85 Å². The standard InChI is InChI=1S/C11H9ClN4O4/c1-6-2-3-7-8(4-6)14-11(13-7)9(15(17)18)5-10(12)16(19)20/h2-5,13-14H,1H3/b10-5+,11-9+. The van der Waals surface area contributed by atoms with Crippen molar-refractivity contribution in [3.05, 3.63) is 66.7 Å². The average Bonchev–Trinajstić information content (AvgIpc) is 2.77. The van der Waals surface area contributed by atoms with Crippen molar-refractivity contribution in [3.8, 4) is 0 Å². The molecule has 2 rings (SSSR count). The molecule has 1 heterocycles. The Kier molecular flexibility index (Phi) is 3.57. The Morgan fingerprint density at radius 2 is 1.85 bits per heavy atom. The third-order valence-corrected chi connectivity index (χ3v) is 2.82. The number of nitrogens with zero attached hydrogens (tertiary/aromatic N) is 2. The van der Waals surface area contributed by atoms with Gasteiger partial charge in [-0.3, -0.25) is 20.2 Å². The number of rotatable bonds is 3. The van der Waals surface area contributed by atoms with Gasteiger partial charge < -0.3 is 10.6 Å². The molecule has 0 bridgehead atoms. The van der Waals surface area contributed by atoms with Crippen LogP contribution in [0.5, 0.6) is 0 Å². The summed E-state index contributed by atoms with van der Waals surface area (Å²) >= 11 is 5.34. The fourth-order valence-electron chi connectivity index (χ4n) is 1.68. The van der Waals surface area contributed by atoms with Crippen LogP contribution in [0.3, 0.4) is 0 Å². The molecule has 0 aliphatic carbocycles. The number of hydrogen-bond donors (Lipinski definition) is 2. The van der Waals surface area contributed by atoms with E-state index < -0.39 is 20.7 Å². The number of benzene rings is 1. The average molecular weight is 297 g/mol. The SMILES string of the molecule is Cc1ccc2c(c1)N/C(=C(\C=C(/Cl)[N+](=O)[O-])[N+](=O)[O-])N2. The summed E-state index contributed by atoms with van der Waals surface area (Å²) in [7, 11) is 0. The number of halogens is 1. The molecular formula is C11H9ClN4O4. The van der Waals surface area contributed by atoms with E-state index in [0.717, 1.165) is 5.56 Å². The molecule has 0 fully saturated rings. The molecule has 0 aromatic heterocycles. The maximum absolute atomic E-state index is 11.0. The summed E-state index contributed by atoms with van der Waals surface area (Å²) in [5.41, 5.74) is 1.77. The molecule has 1 aromatic rings. The van der Waals surface area contributed by atoms with Crippen LogP contribution in [0, 0.1) is 27.2 Å². The fourth-order valence-corrected chi connectivity index (χ4v) is 1.78. The predicted molar refractivity (Wildman–Crippen MR) is 73.4 cm³/mol. The number of nitrogens with one attached hydrogen (secondary N) is 2. The highest BCUT2D eigenvalue weighted by Gasteiger charge is 2.26. The highest BCUT2D eigenvalue weighted by molar-refractivity contribution is 6.28. The van der Waals surface area contributed by atoms with Crippen molar-refractivity contribution in [2.75, 3.05) is 10.6 Å². The largest absolute Gasteiger partial charge is 0.344 e. The summed E-state index contributed by atoms with van der Waals surface area (Å²) < 4.78 is 0. The second kappa shape index (κ2) is 5.17. The molecule has 0 atom stereocenters. The van der Waals surface area contributed by atoms with Crippen LogP contribution in [0.1, 0.15) is 5.56 Å². The van der Waals surface area contributed by atoms with Crippen molar-refractivity contribution in [2.24, 2.45) is 0 Å². The summed E-state index contributed by atoms with van der Waals surface area (Å²) in [5.74, 6) is 0.0376. The number of aryl methyl sites for hydroxylation is 1. The normalized spacial score (nSPS) is 16.0. The Bertz CT molecular complexity index is 668. The van der Waals surface area contributed by atoms with Crippen molar-refractivity contribution >= 4 is 23.0 Å². The molecule has 104 valence electrons. The number of nitro groups is 2. The van der Waals surface area contributed by atoms with Gasteiger partial charge in [0.25, 0.3) is 0 Å². The Labute approximate surface area is 118 Å². The first-order valence-electron chi connectivity index (χ1n) is 5.43. The molecule has 0 spiro atoms. The van der Waals surface area contributed by atoms with Crippen molar-refractivity contribution in [3.63, 3.8) is 0 Å². The van der Waals surface area contributed by atoms with E-state index >= 15 is 0 Å². The van der Waals surface area contributed by atoms with E-state index in [-0.39, 0.29) is 5.82 Å². The third-order valence-electron chi connectivity index (χ3n) is 2.58. The highest BCUT2D eigenvalue weighted by Crippen LogP contribution is 2.32. The van der Waals surface area contributed by atoms with Crippen LogP contribution in [0.2, 0.25) is 0 Å². The molecule has 2 N–H and O–H groups in total. The molecule has 9 heteroatoms. The van der Waals surface area contributed by atoms with E-state index in [1.54, 1.807) is 12.1 Å². The van der Waals surface area contributed by atoms with Gasteiger partial charge in [0.2, 0.25) is 0 Å². The van der Waals surface area contributed by atoms with Crippen LogP contribution in [-0.2, 0) is 0 Å². The second-order valence-electron chi connectivity index (χ2n) is 4.04. The van der Waals surface area contributed by atoms with E-state index in [2.05, 4.69) is 10.6 Å². The fraction of sp³-hybridized carbons (Fsp3) is 0.0909. The van der Waals surface area contributed by atoms with E-state index in [1.807, 2.05) is 13.0 Å². The zero-order chi connectivity index (χ0) is 14.9. The number of allylic oxidation sites excluding steroid dienone is 1. The molecule has 1 aliphatic rings. The van der Waals surface area contributed by atoms with E-state index in [1.165, 1.54) is 0 Å².